The molecule has 0 aliphatic heterocycles. The summed E-state index contributed by atoms with van der Waals surface area (Å²) < 4.78 is 13.3. The first-order valence-electron chi connectivity index (χ1n) is 3.92. The quantitative estimate of drug-likeness (QED) is 0.725. The number of nitrogens with zero attached hydrogens (tertiary/aromatic N) is 2. The van der Waals surface area contributed by atoms with Crippen molar-refractivity contribution in [2.24, 2.45) is 0 Å². The highest BCUT2D eigenvalue weighted by Gasteiger charge is 2.06. The molecule has 74 valence electrons. The number of aromatic nitrogens is 2. The molecule has 1 aromatic heterocycles. The smallest absolute Gasteiger partial charge is 0.328 e. The van der Waals surface area contributed by atoms with Gasteiger partial charge in [-0.15, -0.1) is 0 Å². The second-order valence-electron chi connectivity index (χ2n) is 2.73. The molecule has 0 aromatic carbocycles. The van der Waals surface area contributed by atoms with E-state index in [1.54, 1.807) is 6.92 Å². The van der Waals surface area contributed by atoms with Gasteiger partial charge in [-0.25, -0.2) is 19.2 Å². The molecule has 14 heavy (non-hydrogen) atoms. The largest absolute Gasteiger partial charge is 0.478 e. The normalized spacial score (nSPS) is 10.8. The number of rotatable bonds is 2. The van der Waals surface area contributed by atoms with Gasteiger partial charge < -0.3 is 5.11 Å². The third-order valence-electron chi connectivity index (χ3n) is 1.54. The van der Waals surface area contributed by atoms with Crippen LogP contribution in [0, 0.1) is 19.7 Å². The van der Waals surface area contributed by atoms with Crippen molar-refractivity contribution in [2.75, 3.05) is 0 Å². The van der Waals surface area contributed by atoms with Crippen molar-refractivity contribution in [1.82, 2.24) is 9.97 Å². The Balaban J connectivity index is 3.14. The van der Waals surface area contributed by atoms with Crippen LogP contribution in [0.5, 0.6) is 0 Å². The van der Waals surface area contributed by atoms with E-state index >= 15 is 0 Å². The Kier molecular flexibility index (Phi) is 2.91. The minimum atomic E-state index is -1.14. The lowest BCUT2D eigenvalue weighted by Gasteiger charge is -2.00. The Bertz CT molecular complexity index is 402. The number of aliphatic carboxylic acids is 1. The van der Waals surface area contributed by atoms with Gasteiger partial charge >= 0.3 is 5.97 Å². The summed E-state index contributed by atoms with van der Waals surface area (Å²) in [5, 5.41) is 8.35. The topological polar surface area (TPSA) is 63.1 Å². The average Bonchev–Trinajstić information content (AvgIpc) is 2.08. The Hall–Kier alpha value is -1.78. The third-order valence-corrected chi connectivity index (χ3v) is 1.54. The summed E-state index contributed by atoms with van der Waals surface area (Å²) in [6.45, 7) is 3.12. The summed E-state index contributed by atoms with van der Waals surface area (Å²) in [5.41, 5.74) is 0.208. The second-order valence-corrected chi connectivity index (χ2v) is 2.73. The van der Waals surface area contributed by atoms with Crippen molar-refractivity contribution in [1.29, 1.82) is 0 Å². The SMILES string of the molecule is Cc1nc(C)c(F)c(/C=C/C(=O)O)n1. The Labute approximate surface area is 80.1 Å². The van der Waals surface area contributed by atoms with Crippen LogP contribution >= 0.6 is 0 Å². The van der Waals surface area contributed by atoms with Crippen LogP contribution in [-0.4, -0.2) is 21.0 Å². The van der Waals surface area contributed by atoms with Crippen LogP contribution in [-0.2, 0) is 4.79 Å². The van der Waals surface area contributed by atoms with Gasteiger partial charge in [-0.2, -0.15) is 0 Å². The van der Waals surface area contributed by atoms with Crippen molar-refractivity contribution in [3.8, 4) is 0 Å². The number of aryl methyl sites for hydroxylation is 2. The molecular formula is C9H9FN2O2. The van der Waals surface area contributed by atoms with Crippen molar-refractivity contribution in [2.45, 2.75) is 13.8 Å². The zero-order chi connectivity index (χ0) is 10.7. The van der Waals surface area contributed by atoms with Crippen LogP contribution < -0.4 is 0 Å². The molecule has 0 spiro atoms. The van der Waals surface area contributed by atoms with Crippen molar-refractivity contribution in [3.05, 3.63) is 29.1 Å². The monoisotopic (exact) mass is 196 g/mol. The number of hydrogen-bond donors (Lipinski definition) is 1. The van der Waals surface area contributed by atoms with Crippen LogP contribution in [0.1, 0.15) is 17.2 Å². The summed E-state index contributed by atoms with van der Waals surface area (Å²) in [6.07, 6.45) is 1.95. The fourth-order valence-corrected chi connectivity index (χ4v) is 0.986. The van der Waals surface area contributed by atoms with E-state index in [9.17, 15) is 9.18 Å². The molecule has 0 bridgehead atoms. The molecule has 0 saturated carbocycles. The van der Waals surface area contributed by atoms with E-state index in [2.05, 4.69) is 9.97 Å². The summed E-state index contributed by atoms with van der Waals surface area (Å²) in [5.74, 6) is -1.32. The van der Waals surface area contributed by atoms with Crippen LogP contribution in [0.15, 0.2) is 6.08 Å². The number of carboxylic acid groups (broad SMARTS) is 1. The van der Waals surface area contributed by atoms with E-state index < -0.39 is 11.8 Å². The lowest BCUT2D eigenvalue weighted by atomic mass is 10.3. The number of carbonyl (C=O) groups is 1. The molecule has 5 heteroatoms. The van der Waals surface area contributed by atoms with Gasteiger partial charge in [-0.3, -0.25) is 0 Å². The minimum absolute atomic E-state index is 0.00241. The van der Waals surface area contributed by atoms with E-state index in [1.165, 1.54) is 6.92 Å². The summed E-state index contributed by atoms with van der Waals surface area (Å²) in [4.78, 5) is 17.8. The standard InChI is InChI=1S/C9H9FN2O2/c1-5-9(10)7(3-4-8(13)14)12-6(2)11-5/h3-4H,1-2H3,(H,13,14)/b4-3+. The summed E-state index contributed by atoms with van der Waals surface area (Å²) >= 11 is 0. The zero-order valence-corrected chi connectivity index (χ0v) is 7.78. The van der Waals surface area contributed by atoms with Crippen molar-refractivity contribution < 1.29 is 14.3 Å². The maximum absolute atomic E-state index is 13.3. The molecular weight excluding hydrogens is 187 g/mol. The molecule has 1 aromatic rings. The van der Waals surface area contributed by atoms with Crippen LogP contribution in [0.2, 0.25) is 0 Å². The predicted molar refractivity (Wildman–Crippen MR) is 48.1 cm³/mol. The van der Waals surface area contributed by atoms with Gasteiger partial charge in [0.05, 0.1) is 5.69 Å². The van der Waals surface area contributed by atoms with Gasteiger partial charge in [0.15, 0.2) is 5.82 Å². The van der Waals surface area contributed by atoms with Crippen LogP contribution in [0.25, 0.3) is 6.08 Å². The molecule has 0 atom stereocenters. The highest BCUT2D eigenvalue weighted by molar-refractivity contribution is 5.84. The first-order valence-corrected chi connectivity index (χ1v) is 3.92. The molecule has 0 aliphatic rings. The number of hydrogen-bond acceptors (Lipinski definition) is 3. The van der Waals surface area contributed by atoms with E-state index in [1.807, 2.05) is 0 Å². The molecule has 0 unspecified atom stereocenters. The fraction of sp³-hybridized carbons (Fsp3) is 0.222. The average molecular weight is 196 g/mol. The molecule has 0 fully saturated rings. The molecule has 0 aliphatic carbocycles. The Morgan fingerprint density at radius 3 is 2.64 bits per heavy atom. The lowest BCUT2D eigenvalue weighted by molar-refractivity contribution is -0.131. The predicted octanol–water partition coefficient (Wildman–Crippen LogP) is 1.33. The molecule has 0 amide bonds. The van der Waals surface area contributed by atoms with Crippen molar-refractivity contribution >= 4 is 12.0 Å². The maximum Gasteiger partial charge on any atom is 0.328 e. The highest BCUT2D eigenvalue weighted by Crippen LogP contribution is 2.09. The molecule has 0 saturated heterocycles. The van der Waals surface area contributed by atoms with Gasteiger partial charge in [0.1, 0.15) is 11.5 Å². The van der Waals surface area contributed by atoms with E-state index in [-0.39, 0.29) is 11.4 Å². The van der Waals surface area contributed by atoms with Gasteiger partial charge in [0.2, 0.25) is 0 Å². The Morgan fingerprint density at radius 1 is 1.43 bits per heavy atom. The molecule has 0 radical (unpaired) electrons. The van der Waals surface area contributed by atoms with Crippen LogP contribution in [0.3, 0.4) is 0 Å². The van der Waals surface area contributed by atoms with Gasteiger partial charge in [-0.05, 0) is 19.9 Å². The minimum Gasteiger partial charge on any atom is -0.478 e. The maximum atomic E-state index is 13.3. The number of carboxylic acids is 1. The first-order chi connectivity index (χ1) is 6.50. The molecule has 1 N–H and O–H groups in total. The van der Waals surface area contributed by atoms with Crippen LogP contribution in [0.4, 0.5) is 4.39 Å². The third kappa shape index (κ3) is 2.35. The molecule has 1 heterocycles. The zero-order valence-electron chi connectivity index (χ0n) is 7.78. The second kappa shape index (κ2) is 3.95. The number of halogens is 1. The van der Waals surface area contributed by atoms with E-state index in [0.717, 1.165) is 12.2 Å². The first kappa shape index (κ1) is 10.3. The Morgan fingerprint density at radius 2 is 2.07 bits per heavy atom. The van der Waals surface area contributed by atoms with Gasteiger partial charge in [-0.1, -0.05) is 0 Å². The molecule has 4 nitrogen and oxygen atoms in total. The van der Waals surface area contributed by atoms with E-state index in [0.29, 0.717) is 5.82 Å². The summed E-state index contributed by atoms with van der Waals surface area (Å²) in [7, 11) is 0. The van der Waals surface area contributed by atoms with Gasteiger partial charge in [0, 0.05) is 6.08 Å². The lowest BCUT2D eigenvalue weighted by Crippen LogP contribution is -2.00. The summed E-state index contributed by atoms with van der Waals surface area (Å²) in [6, 6.07) is 0. The molecule has 1 rings (SSSR count). The highest BCUT2D eigenvalue weighted by atomic mass is 19.1. The van der Waals surface area contributed by atoms with Crippen molar-refractivity contribution in [3.63, 3.8) is 0 Å². The fourth-order valence-electron chi connectivity index (χ4n) is 0.986. The van der Waals surface area contributed by atoms with E-state index in [4.69, 9.17) is 5.11 Å². The van der Waals surface area contributed by atoms with Gasteiger partial charge in [0.25, 0.3) is 0 Å².